The summed E-state index contributed by atoms with van der Waals surface area (Å²) in [6.07, 6.45) is 7.45. The fourth-order valence-electron chi connectivity index (χ4n) is 3.82. The lowest BCUT2D eigenvalue weighted by atomic mass is 9.92. The summed E-state index contributed by atoms with van der Waals surface area (Å²) >= 11 is 1.70. The quantitative estimate of drug-likeness (QED) is 0.545. The molecule has 1 aliphatic carbocycles. The Morgan fingerprint density at radius 3 is 2.61 bits per heavy atom. The van der Waals surface area contributed by atoms with Crippen LogP contribution in [-0.4, -0.2) is 55.3 Å². The molecule has 2 aliphatic rings. The summed E-state index contributed by atoms with van der Waals surface area (Å²) in [6.45, 7) is 2.70. The van der Waals surface area contributed by atoms with Gasteiger partial charge >= 0.3 is 0 Å². The molecule has 1 aliphatic heterocycles. The van der Waals surface area contributed by atoms with E-state index in [-0.39, 0.29) is 16.8 Å². The Kier molecular flexibility index (Phi) is 4.97. The van der Waals surface area contributed by atoms with Crippen LogP contribution in [0.15, 0.2) is 42.9 Å². The Labute approximate surface area is 169 Å². The number of rotatable bonds is 4. The Morgan fingerprint density at radius 1 is 1.25 bits per heavy atom. The molecule has 1 atom stereocenters. The summed E-state index contributed by atoms with van der Waals surface area (Å²) in [5.74, 6) is 1.77. The maximum absolute atomic E-state index is 9.69. The van der Waals surface area contributed by atoms with Crippen LogP contribution in [0.1, 0.15) is 31.7 Å². The molecule has 1 saturated carbocycles. The van der Waals surface area contributed by atoms with E-state index in [1.165, 1.54) is 0 Å². The number of hydrogen-bond acceptors (Lipinski definition) is 6. The summed E-state index contributed by atoms with van der Waals surface area (Å²) in [7, 11) is 0. The molecule has 0 amide bonds. The maximum atomic E-state index is 9.69. The Bertz CT molecular complexity index is 881. The van der Waals surface area contributed by atoms with Gasteiger partial charge in [0.05, 0.1) is 23.9 Å². The summed E-state index contributed by atoms with van der Waals surface area (Å²) in [5, 5.41) is 27.1. The van der Waals surface area contributed by atoms with Gasteiger partial charge in [0.2, 0.25) is 0 Å². The van der Waals surface area contributed by atoms with Crippen LogP contribution >= 0.6 is 11.8 Å². The van der Waals surface area contributed by atoms with E-state index in [0.717, 1.165) is 35.4 Å². The van der Waals surface area contributed by atoms with Crippen LogP contribution in [0.25, 0.3) is 11.3 Å². The van der Waals surface area contributed by atoms with Gasteiger partial charge in [-0.25, -0.2) is 0 Å². The molecule has 1 unspecified atom stereocenters. The maximum Gasteiger partial charge on any atom is 0.112 e. The molecule has 2 fully saturated rings. The summed E-state index contributed by atoms with van der Waals surface area (Å²) in [5.41, 5.74) is 2.68. The van der Waals surface area contributed by atoms with Gasteiger partial charge in [-0.05, 0) is 25.3 Å². The first-order valence-electron chi connectivity index (χ1n) is 9.53. The third-order valence-corrected chi connectivity index (χ3v) is 7.09. The molecule has 1 aromatic heterocycles. The number of thioether (sulfide) groups is 1. The third kappa shape index (κ3) is 3.44. The van der Waals surface area contributed by atoms with Crippen molar-refractivity contribution in [2.45, 2.75) is 36.3 Å². The Morgan fingerprint density at radius 2 is 2.00 bits per heavy atom. The number of aliphatic hydroxyl groups excluding tert-OH is 1. The predicted molar refractivity (Wildman–Crippen MR) is 113 cm³/mol. The van der Waals surface area contributed by atoms with Gasteiger partial charge in [0.15, 0.2) is 0 Å². The molecular formula is C21H25N5OS. The number of benzene rings is 1. The molecule has 7 heteroatoms. The number of aromatic nitrogens is 2. The lowest BCUT2D eigenvalue weighted by molar-refractivity contribution is 0.258. The highest BCUT2D eigenvalue weighted by atomic mass is 32.2. The van der Waals surface area contributed by atoms with Crippen molar-refractivity contribution in [2.75, 3.05) is 18.9 Å². The standard InChI is InChI=1S/C21H25N5OS/c1-20(14-27)12-18(22)26(10-11-28-20)19(23)21(6-7-21)16-4-2-15(3-5-16)17-13-24-8-9-25-17/h2-5,8-9,13,22-23,27H,6-7,10-12,14H2,1H3. The molecule has 3 N–H and O–H groups in total. The predicted octanol–water partition coefficient (Wildman–Crippen LogP) is 3.32. The highest BCUT2D eigenvalue weighted by Gasteiger charge is 2.51. The van der Waals surface area contributed by atoms with Crippen molar-refractivity contribution in [3.05, 3.63) is 48.4 Å². The summed E-state index contributed by atoms with van der Waals surface area (Å²) in [6, 6.07) is 8.25. The number of nitrogens with zero attached hydrogens (tertiary/aromatic N) is 3. The van der Waals surface area contributed by atoms with E-state index in [9.17, 15) is 5.11 Å². The van der Waals surface area contributed by atoms with Gasteiger partial charge in [0.1, 0.15) is 11.7 Å². The van der Waals surface area contributed by atoms with Gasteiger partial charge in [0, 0.05) is 41.4 Å². The molecule has 0 bridgehead atoms. The fraction of sp³-hybridized carbons (Fsp3) is 0.429. The van der Waals surface area contributed by atoms with E-state index in [0.29, 0.717) is 24.6 Å². The minimum Gasteiger partial charge on any atom is -0.395 e. The molecule has 4 rings (SSSR count). The van der Waals surface area contributed by atoms with Gasteiger partial charge in [-0.1, -0.05) is 24.3 Å². The normalized spacial score (nSPS) is 23.9. The molecule has 2 heterocycles. The van der Waals surface area contributed by atoms with Crippen LogP contribution in [0.4, 0.5) is 0 Å². The highest BCUT2D eigenvalue weighted by Crippen LogP contribution is 2.50. The van der Waals surface area contributed by atoms with Crippen LogP contribution in [-0.2, 0) is 5.41 Å². The lowest BCUT2D eigenvalue weighted by Gasteiger charge is -2.30. The third-order valence-electron chi connectivity index (χ3n) is 5.74. The Hall–Kier alpha value is -2.25. The van der Waals surface area contributed by atoms with Gasteiger partial charge in [-0.15, -0.1) is 0 Å². The molecule has 0 radical (unpaired) electrons. The molecular weight excluding hydrogens is 370 g/mol. The average molecular weight is 396 g/mol. The van der Waals surface area contributed by atoms with Gasteiger partial charge in [0.25, 0.3) is 0 Å². The molecule has 28 heavy (non-hydrogen) atoms. The monoisotopic (exact) mass is 395 g/mol. The van der Waals surface area contributed by atoms with Crippen molar-refractivity contribution in [1.29, 1.82) is 10.8 Å². The first kappa shape index (κ1) is 19.1. The van der Waals surface area contributed by atoms with Crippen molar-refractivity contribution in [1.82, 2.24) is 14.9 Å². The minimum atomic E-state index is -0.332. The molecule has 1 saturated heterocycles. The number of nitrogens with one attached hydrogen (secondary N) is 2. The number of aliphatic hydroxyl groups is 1. The number of amidine groups is 2. The zero-order valence-corrected chi connectivity index (χ0v) is 16.8. The number of hydrogen-bond donors (Lipinski definition) is 3. The topological polar surface area (TPSA) is 97.0 Å². The van der Waals surface area contributed by atoms with Crippen molar-refractivity contribution in [2.24, 2.45) is 0 Å². The second-order valence-electron chi connectivity index (χ2n) is 7.83. The zero-order valence-electron chi connectivity index (χ0n) is 16.0. The lowest BCUT2D eigenvalue weighted by Crippen LogP contribution is -2.44. The molecule has 146 valence electrons. The van der Waals surface area contributed by atoms with E-state index in [2.05, 4.69) is 22.1 Å². The van der Waals surface area contributed by atoms with Gasteiger partial charge in [-0.2, -0.15) is 11.8 Å². The first-order chi connectivity index (χ1) is 13.5. The summed E-state index contributed by atoms with van der Waals surface area (Å²) in [4.78, 5) is 10.3. The van der Waals surface area contributed by atoms with E-state index >= 15 is 0 Å². The SMILES string of the molecule is CC1(CO)CC(=N)N(C(=N)C2(c3ccc(-c4cnccn4)cc3)CC2)CCS1. The van der Waals surface area contributed by atoms with Crippen molar-refractivity contribution >= 4 is 23.4 Å². The van der Waals surface area contributed by atoms with E-state index < -0.39 is 0 Å². The van der Waals surface area contributed by atoms with Crippen molar-refractivity contribution in [3.8, 4) is 11.3 Å². The molecule has 6 nitrogen and oxygen atoms in total. The molecule has 0 spiro atoms. The van der Waals surface area contributed by atoms with Gasteiger partial charge < -0.3 is 10.0 Å². The fourth-order valence-corrected chi connectivity index (χ4v) is 4.92. The highest BCUT2D eigenvalue weighted by molar-refractivity contribution is 8.00. The minimum absolute atomic E-state index is 0.0518. The van der Waals surface area contributed by atoms with Crippen LogP contribution in [0.5, 0.6) is 0 Å². The van der Waals surface area contributed by atoms with E-state index in [4.69, 9.17) is 10.8 Å². The Balaban J connectivity index is 1.55. The van der Waals surface area contributed by atoms with Crippen molar-refractivity contribution in [3.63, 3.8) is 0 Å². The second-order valence-corrected chi connectivity index (χ2v) is 9.51. The molecule has 2 aromatic rings. The van der Waals surface area contributed by atoms with Crippen molar-refractivity contribution < 1.29 is 5.11 Å². The van der Waals surface area contributed by atoms with Crippen LogP contribution in [0, 0.1) is 10.8 Å². The second kappa shape index (κ2) is 7.29. The van der Waals surface area contributed by atoms with Crippen LogP contribution in [0.3, 0.4) is 0 Å². The summed E-state index contributed by atoms with van der Waals surface area (Å²) < 4.78 is -0.332. The van der Waals surface area contributed by atoms with Crippen LogP contribution in [0.2, 0.25) is 0 Å². The average Bonchev–Trinajstić information content (AvgIpc) is 3.54. The van der Waals surface area contributed by atoms with E-state index in [1.54, 1.807) is 30.4 Å². The largest absolute Gasteiger partial charge is 0.395 e. The molecule has 1 aromatic carbocycles. The zero-order chi connectivity index (χ0) is 19.8. The van der Waals surface area contributed by atoms with Crippen LogP contribution < -0.4 is 0 Å². The van der Waals surface area contributed by atoms with E-state index in [1.807, 2.05) is 24.0 Å². The first-order valence-corrected chi connectivity index (χ1v) is 10.5. The smallest absolute Gasteiger partial charge is 0.112 e. The van der Waals surface area contributed by atoms with Gasteiger partial charge in [-0.3, -0.25) is 20.8 Å².